The summed E-state index contributed by atoms with van der Waals surface area (Å²) < 4.78 is 68.5. The van der Waals surface area contributed by atoms with Gasteiger partial charge in [-0.2, -0.15) is 13.2 Å². The predicted molar refractivity (Wildman–Crippen MR) is 113 cm³/mol. The Balaban J connectivity index is 1.79. The van der Waals surface area contributed by atoms with Crippen molar-refractivity contribution in [3.63, 3.8) is 0 Å². The van der Waals surface area contributed by atoms with Gasteiger partial charge in [0.1, 0.15) is 11.6 Å². The molecule has 2 heterocycles. The maximum Gasteiger partial charge on any atom is 0.416 e. The van der Waals surface area contributed by atoms with Crippen LogP contribution in [0.2, 0.25) is 0 Å². The van der Waals surface area contributed by atoms with Crippen molar-refractivity contribution < 1.29 is 31.1 Å². The highest BCUT2D eigenvalue weighted by Gasteiger charge is 2.32. The predicted octanol–water partition coefficient (Wildman–Crippen LogP) is 3.25. The van der Waals surface area contributed by atoms with E-state index in [0.717, 1.165) is 24.6 Å². The number of amides is 1. The summed E-state index contributed by atoms with van der Waals surface area (Å²) in [5, 5.41) is 0. The Morgan fingerprint density at radius 1 is 1.09 bits per heavy atom. The fourth-order valence-corrected chi connectivity index (χ4v) is 3.99. The maximum atomic E-state index is 13.2. The van der Waals surface area contributed by atoms with E-state index in [0.29, 0.717) is 0 Å². The lowest BCUT2D eigenvalue weighted by molar-refractivity contribution is -0.137. The molecule has 7 nitrogen and oxygen atoms in total. The zero-order valence-electron chi connectivity index (χ0n) is 17.9. The Kier molecular flexibility index (Phi) is 6.68. The van der Waals surface area contributed by atoms with E-state index in [-0.39, 0.29) is 54.3 Å². The minimum absolute atomic E-state index is 0.00348. The molecule has 0 atom stereocenters. The zero-order valence-corrected chi connectivity index (χ0v) is 18.7. The van der Waals surface area contributed by atoms with Crippen molar-refractivity contribution in [3.8, 4) is 5.75 Å². The van der Waals surface area contributed by atoms with Crippen molar-refractivity contribution in [1.29, 1.82) is 0 Å². The van der Waals surface area contributed by atoms with Crippen LogP contribution >= 0.6 is 0 Å². The van der Waals surface area contributed by atoms with E-state index < -0.39 is 27.5 Å². The number of ether oxygens (including phenoxy) is 1. The number of pyridine rings is 1. The Labute approximate surface area is 184 Å². The topological polar surface area (TPSA) is 79.8 Å². The number of hydrogen-bond donors (Lipinski definition) is 0. The van der Waals surface area contributed by atoms with Crippen LogP contribution in [0.25, 0.3) is 0 Å². The number of benzene rings is 1. The molecule has 1 amide bonds. The Morgan fingerprint density at radius 3 is 2.31 bits per heavy atom. The third kappa shape index (κ3) is 5.50. The van der Waals surface area contributed by atoms with Crippen LogP contribution in [0.15, 0.2) is 41.4 Å². The number of nitrogens with zero attached hydrogens (tertiary/aromatic N) is 3. The van der Waals surface area contributed by atoms with Crippen LogP contribution in [0.1, 0.15) is 29.8 Å². The zero-order chi connectivity index (χ0) is 23.7. The van der Waals surface area contributed by atoms with Gasteiger partial charge in [-0.05, 0) is 44.2 Å². The molecule has 1 aliphatic rings. The second-order valence-corrected chi connectivity index (χ2v) is 9.79. The minimum atomic E-state index is -4.47. The second kappa shape index (κ2) is 8.97. The molecule has 0 bridgehead atoms. The lowest BCUT2D eigenvalue weighted by Gasteiger charge is -2.36. The molecule has 0 spiro atoms. The van der Waals surface area contributed by atoms with Crippen LogP contribution in [-0.4, -0.2) is 62.7 Å². The molecule has 1 saturated heterocycles. The maximum absolute atomic E-state index is 13.2. The molecule has 1 aliphatic heterocycles. The third-order valence-corrected chi connectivity index (χ3v) is 6.05. The SMILES string of the molecule is CC(C)Oc1ccc(S(C)(=O)=O)cc1C(=O)N1CCN(c2cc(C(F)(F)F)ccn2)CC1. The van der Waals surface area contributed by atoms with E-state index in [1.165, 1.54) is 23.1 Å². The summed E-state index contributed by atoms with van der Waals surface area (Å²) in [7, 11) is -3.53. The molecular formula is C21H24F3N3O4S. The molecular weight excluding hydrogens is 447 g/mol. The third-order valence-electron chi connectivity index (χ3n) is 4.94. The van der Waals surface area contributed by atoms with Crippen molar-refractivity contribution in [2.24, 2.45) is 0 Å². The van der Waals surface area contributed by atoms with E-state index in [4.69, 9.17) is 4.74 Å². The summed E-state index contributed by atoms with van der Waals surface area (Å²) in [6, 6.07) is 6.06. The summed E-state index contributed by atoms with van der Waals surface area (Å²) >= 11 is 0. The van der Waals surface area contributed by atoms with Gasteiger partial charge in [0.05, 0.1) is 22.1 Å². The fraction of sp³-hybridized carbons (Fsp3) is 0.429. The van der Waals surface area contributed by atoms with Gasteiger partial charge in [0, 0.05) is 38.6 Å². The van der Waals surface area contributed by atoms with E-state index in [9.17, 15) is 26.4 Å². The summed E-state index contributed by atoms with van der Waals surface area (Å²) in [5.74, 6) is 0.0667. The number of aromatic nitrogens is 1. The number of sulfone groups is 1. The Bertz CT molecular complexity index is 1100. The molecule has 32 heavy (non-hydrogen) atoms. The fourth-order valence-electron chi connectivity index (χ4n) is 3.34. The summed E-state index contributed by atoms with van der Waals surface area (Å²) in [6.45, 7) is 4.62. The molecule has 0 aliphatic carbocycles. The lowest BCUT2D eigenvalue weighted by Crippen LogP contribution is -2.49. The summed E-state index contributed by atoms with van der Waals surface area (Å²) in [5.41, 5.74) is -0.652. The van der Waals surface area contributed by atoms with Crippen LogP contribution in [0.5, 0.6) is 5.75 Å². The monoisotopic (exact) mass is 471 g/mol. The van der Waals surface area contributed by atoms with Gasteiger partial charge in [0.15, 0.2) is 9.84 Å². The van der Waals surface area contributed by atoms with Crippen molar-refractivity contribution in [2.75, 3.05) is 37.3 Å². The van der Waals surface area contributed by atoms with Crippen molar-refractivity contribution in [2.45, 2.75) is 31.0 Å². The normalized spacial score (nSPS) is 15.2. The molecule has 0 saturated carbocycles. The van der Waals surface area contributed by atoms with Gasteiger partial charge >= 0.3 is 6.18 Å². The minimum Gasteiger partial charge on any atom is -0.490 e. The number of carbonyl (C=O) groups is 1. The first-order valence-electron chi connectivity index (χ1n) is 9.94. The Morgan fingerprint density at radius 2 is 1.75 bits per heavy atom. The number of rotatable bonds is 5. The molecule has 1 fully saturated rings. The molecule has 2 aromatic rings. The standard InChI is InChI=1S/C21H24F3N3O4S/c1-14(2)31-18-5-4-16(32(3,29)30)13-17(18)20(28)27-10-8-26(9-11-27)19-12-15(6-7-25-19)21(22,23)24/h4-7,12-14H,8-11H2,1-3H3. The molecule has 1 aromatic heterocycles. The van der Waals surface area contributed by atoms with E-state index in [1.54, 1.807) is 18.7 Å². The first-order chi connectivity index (χ1) is 14.9. The van der Waals surface area contributed by atoms with Gasteiger partial charge in [-0.15, -0.1) is 0 Å². The Hall–Kier alpha value is -2.82. The number of alkyl halides is 3. The average molecular weight is 472 g/mol. The van der Waals surface area contributed by atoms with Crippen LogP contribution in [0.4, 0.5) is 19.0 Å². The number of piperazine rings is 1. The van der Waals surface area contributed by atoms with Gasteiger partial charge in [-0.1, -0.05) is 0 Å². The smallest absolute Gasteiger partial charge is 0.416 e. The number of carbonyl (C=O) groups excluding carboxylic acids is 1. The van der Waals surface area contributed by atoms with Gasteiger partial charge in [-0.25, -0.2) is 13.4 Å². The molecule has 11 heteroatoms. The quantitative estimate of drug-likeness (QED) is 0.666. The van der Waals surface area contributed by atoms with Crippen LogP contribution in [0, 0.1) is 0 Å². The number of anilines is 1. The molecule has 174 valence electrons. The van der Waals surface area contributed by atoms with E-state index in [1.807, 2.05) is 0 Å². The highest BCUT2D eigenvalue weighted by molar-refractivity contribution is 7.90. The van der Waals surface area contributed by atoms with Gasteiger partial charge in [0.25, 0.3) is 5.91 Å². The molecule has 0 radical (unpaired) electrons. The van der Waals surface area contributed by atoms with Crippen molar-refractivity contribution in [3.05, 3.63) is 47.7 Å². The highest BCUT2D eigenvalue weighted by Crippen LogP contribution is 2.31. The van der Waals surface area contributed by atoms with Crippen molar-refractivity contribution in [1.82, 2.24) is 9.88 Å². The molecule has 0 N–H and O–H groups in total. The van der Waals surface area contributed by atoms with Gasteiger partial charge in [0.2, 0.25) is 0 Å². The number of hydrogen-bond acceptors (Lipinski definition) is 6. The largest absolute Gasteiger partial charge is 0.490 e. The molecule has 0 unspecified atom stereocenters. The van der Waals surface area contributed by atoms with Gasteiger partial charge < -0.3 is 14.5 Å². The average Bonchev–Trinajstić information content (AvgIpc) is 2.72. The summed E-state index contributed by atoms with van der Waals surface area (Å²) in [4.78, 5) is 20.4. The van der Waals surface area contributed by atoms with Crippen LogP contribution in [-0.2, 0) is 16.0 Å². The lowest BCUT2D eigenvalue weighted by atomic mass is 10.1. The van der Waals surface area contributed by atoms with Crippen molar-refractivity contribution >= 4 is 21.6 Å². The van der Waals surface area contributed by atoms with Crippen LogP contribution in [0.3, 0.4) is 0 Å². The van der Waals surface area contributed by atoms with E-state index >= 15 is 0 Å². The molecule has 1 aromatic carbocycles. The van der Waals surface area contributed by atoms with E-state index in [2.05, 4.69) is 4.98 Å². The number of halogens is 3. The first kappa shape index (κ1) is 23.8. The van der Waals surface area contributed by atoms with Crippen LogP contribution < -0.4 is 9.64 Å². The summed E-state index contributed by atoms with van der Waals surface area (Å²) in [6.07, 6.45) is -2.52. The second-order valence-electron chi connectivity index (χ2n) is 7.78. The first-order valence-corrected chi connectivity index (χ1v) is 11.8. The van der Waals surface area contributed by atoms with Gasteiger partial charge in [-0.3, -0.25) is 4.79 Å². The molecule has 3 rings (SSSR count). The highest BCUT2D eigenvalue weighted by atomic mass is 32.2.